The molecule has 0 saturated heterocycles. The summed E-state index contributed by atoms with van der Waals surface area (Å²) in [5.74, 6) is 0.869. The second-order valence-corrected chi connectivity index (χ2v) is 8.36. The van der Waals surface area contributed by atoms with Crippen LogP contribution in [0.25, 0.3) is 0 Å². The summed E-state index contributed by atoms with van der Waals surface area (Å²) in [6.45, 7) is 0.164. The van der Waals surface area contributed by atoms with Gasteiger partial charge in [-0.05, 0) is 40.2 Å². The van der Waals surface area contributed by atoms with Gasteiger partial charge in [-0.15, -0.1) is 0 Å². The van der Waals surface area contributed by atoms with Crippen LogP contribution < -0.4 is 19.1 Å². The maximum absolute atomic E-state index is 12.2. The summed E-state index contributed by atoms with van der Waals surface area (Å²) in [7, 11) is -2.05. The van der Waals surface area contributed by atoms with Crippen molar-refractivity contribution in [1.29, 1.82) is 0 Å². The number of halogens is 1. The molecule has 0 aromatic heterocycles. The van der Waals surface area contributed by atoms with Crippen molar-refractivity contribution in [3.63, 3.8) is 0 Å². The normalized spacial score (nSPS) is 10.9. The third-order valence-corrected chi connectivity index (χ3v) is 5.34. The molecule has 146 valence electrons. The van der Waals surface area contributed by atoms with Crippen LogP contribution in [0.3, 0.4) is 0 Å². The van der Waals surface area contributed by atoms with Crippen LogP contribution in [0.15, 0.2) is 53.0 Å². The van der Waals surface area contributed by atoms with Crippen LogP contribution in [0, 0.1) is 0 Å². The van der Waals surface area contributed by atoms with Crippen LogP contribution >= 0.6 is 15.9 Å². The van der Waals surface area contributed by atoms with E-state index in [0.29, 0.717) is 21.7 Å². The summed E-state index contributed by atoms with van der Waals surface area (Å²) in [6.07, 6.45) is 1.06. The Morgan fingerprint density at radius 2 is 1.85 bits per heavy atom. The fraction of sp³-hybridized carbons (Fsp3) is 0.278. The number of anilines is 1. The summed E-state index contributed by atoms with van der Waals surface area (Å²) in [5, 5.41) is 2.66. The molecule has 0 radical (unpaired) electrons. The summed E-state index contributed by atoms with van der Waals surface area (Å²) in [6, 6.07) is 13.9. The van der Waals surface area contributed by atoms with Crippen molar-refractivity contribution in [3.8, 4) is 11.5 Å². The quantitative estimate of drug-likeness (QED) is 0.585. The lowest BCUT2D eigenvalue weighted by Gasteiger charge is -2.23. The smallest absolute Gasteiger partial charge is 0.240 e. The number of para-hydroxylation sites is 1. The van der Waals surface area contributed by atoms with Crippen molar-refractivity contribution in [3.05, 3.63) is 53.0 Å². The predicted molar refractivity (Wildman–Crippen MR) is 108 cm³/mol. The second-order valence-electron chi connectivity index (χ2n) is 5.60. The van der Waals surface area contributed by atoms with Gasteiger partial charge in [0.2, 0.25) is 15.9 Å². The third kappa shape index (κ3) is 6.44. The minimum atomic E-state index is -3.62. The number of nitrogens with one attached hydrogen (secondary N) is 1. The van der Waals surface area contributed by atoms with Gasteiger partial charge in [-0.3, -0.25) is 9.10 Å². The maximum atomic E-state index is 12.2. The Balaban J connectivity index is 1.90. The van der Waals surface area contributed by atoms with Crippen molar-refractivity contribution in [2.45, 2.75) is 0 Å². The third-order valence-electron chi connectivity index (χ3n) is 3.54. The van der Waals surface area contributed by atoms with Gasteiger partial charge in [-0.1, -0.05) is 18.2 Å². The van der Waals surface area contributed by atoms with Gasteiger partial charge in [0.15, 0.2) is 0 Å². The zero-order valence-corrected chi connectivity index (χ0v) is 17.4. The largest absolute Gasteiger partial charge is 0.497 e. The monoisotopic (exact) mass is 456 g/mol. The van der Waals surface area contributed by atoms with E-state index in [2.05, 4.69) is 21.2 Å². The molecule has 0 atom stereocenters. The van der Waals surface area contributed by atoms with Gasteiger partial charge in [0.1, 0.15) is 24.7 Å². The fourth-order valence-electron chi connectivity index (χ4n) is 2.27. The van der Waals surface area contributed by atoms with Crippen LogP contribution in [0.2, 0.25) is 0 Å². The molecule has 0 unspecified atom stereocenters. The Hall–Kier alpha value is -2.26. The van der Waals surface area contributed by atoms with Gasteiger partial charge >= 0.3 is 0 Å². The summed E-state index contributed by atoms with van der Waals surface area (Å²) < 4.78 is 36.5. The van der Waals surface area contributed by atoms with Crippen LogP contribution in [0.5, 0.6) is 11.5 Å². The number of rotatable bonds is 9. The van der Waals surface area contributed by atoms with Gasteiger partial charge in [0.25, 0.3) is 0 Å². The van der Waals surface area contributed by atoms with E-state index in [4.69, 9.17) is 9.47 Å². The molecule has 0 heterocycles. The lowest BCUT2D eigenvalue weighted by atomic mass is 10.3. The minimum absolute atomic E-state index is 0.240. The average molecular weight is 457 g/mol. The van der Waals surface area contributed by atoms with E-state index < -0.39 is 15.9 Å². The Labute approximate surface area is 167 Å². The van der Waals surface area contributed by atoms with Crippen LogP contribution in [0.1, 0.15) is 0 Å². The van der Waals surface area contributed by atoms with Crippen molar-refractivity contribution in [1.82, 2.24) is 5.32 Å². The molecule has 1 amide bonds. The number of amides is 1. The first-order valence-electron chi connectivity index (χ1n) is 8.07. The Morgan fingerprint density at radius 1 is 1.15 bits per heavy atom. The second kappa shape index (κ2) is 9.61. The molecule has 0 fully saturated rings. The topological polar surface area (TPSA) is 84.9 Å². The van der Waals surface area contributed by atoms with E-state index in [1.807, 2.05) is 0 Å². The zero-order valence-electron chi connectivity index (χ0n) is 15.0. The molecular formula is C18H21BrN2O5S. The highest BCUT2D eigenvalue weighted by atomic mass is 79.9. The summed E-state index contributed by atoms with van der Waals surface area (Å²) in [5.41, 5.74) is 0.405. The molecule has 0 aliphatic heterocycles. The number of sulfonamides is 1. The van der Waals surface area contributed by atoms with Gasteiger partial charge in [0.05, 0.1) is 25.6 Å². The van der Waals surface area contributed by atoms with Crippen molar-refractivity contribution >= 4 is 37.5 Å². The minimum Gasteiger partial charge on any atom is -0.497 e. The van der Waals surface area contributed by atoms with Crippen molar-refractivity contribution in [2.24, 2.45) is 0 Å². The number of nitrogens with zero attached hydrogens (tertiary/aromatic N) is 1. The Morgan fingerprint density at radius 3 is 2.52 bits per heavy atom. The van der Waals surface area contributed by atoms with Crippen molar-refractivity contribution in [2.75, 3.05) is 37.4 Å². The zero-order chi connectivity index (χ0) is 19.9. The Kier molecular flexibility index (Phi) is 7.49. The lowest BCUT2D eigenvalue weighted by molar-refractivity contribution is -0.119. The lowest BCUT2D eigenvalue weighted by Crippen LogP contribution is -2.41. The first kappa shape index (κ1) is 21.0. The molecular weight excluding hydrogens is 436 g/mol. The molecule has 0 spiro atoms. The molecule has 7 nitrogen and oxygen atoms in total. The van der Waals surface area contributed by atoms with Gasteiger partial charge in [0, 0.05) is 10.5 Å². The van der Waals surface area contributed by atoms with E-state index in [9.17, 15) is 13.2 Å². The number of carbonyl (C=O) groups is 1. The van der Waals surface area contributed by atoms with Gasteiger partial charge < -0.3 is 14.8 Å². The van der Waals surface area contributed by atoms with Gasteiger partial charge in [-0.2, -0.15) is 0 Å². The van der Waals surface area contributed by atoms with Gasteiger partial charge in [-0.25, -0.2) is 8.42 Å². The van der Waals surface area contributed by atoms with Crippen molar-refractivity contribution < 1.29 is 22.7 Å². The summed E-state index contributed by atoms with van der Waals surface area (Å²) >= 11 is 3.31. The molecule has 0 aliphatic rings. The first-order chi connectivity index (χ1) is 12.8. The van der Waals surface area contributed by atoms with E-state index in [1.165, 1.54) is 0 Å². The number of ether oxygens (including phenoxy) is 2. The SMILES string of the molecule is COc1cccc(OCCNC(=O)CN(c2ccccc2Br)S(C)(=O)=O)c1. The first-order valence-corrected chi connectivity index (χ1v) is 10.7. The molecule has 2 rings (SSSR count). The fourth-order valence-corrected chi connectivity index (χ4v) is 3.76. The average Bonchev–Trinajstić information content (AvgIpc) is 2.63. The molecule has 0 saturated carbocycles. The Bertz CT molecular complexity index is 889. The number of hydrogen-bond donors (Lipinski definition) is 1. The predicted octanol–water partition coefficient (Wildman–Crippen LogP) is 2.42. The number of hydrogen-bond acceptors (Lipinski definition) is 5. The standard InChI is InChI=1S/C18H21BrN2O5S/c1-25-14-6-5-7-15(12-14)26-11-10-20-18(22)13-21(27(2,23)24)17-9-4-3-8-16(17)19/h3-9,12H,10-11,13H2,1-2H3,(H,20,22). The highest BCUT2D eigenvalue weighted by molar-refractivity contribution is 9.10. The molecule has 1 N–H and O–H groups in total. The number of methoxy groups -OCH3 is 1. The van der Waals surface area contributed by atoms with E-state index in [1.54, 1.807) is 55.6 Å². The van der Waals surface area contributed by atoms with E-state index >= 15 is 0 Å². The van der Waals surface area contributed by atoms with E-state index in [-0.39, 0.29) is 19.7 Å². The molecule has 9 heteroatoms. The molecule has 0 aliphatic carbocycles. The molecule has 0 bridgehead atoms. The maximum Gasteiger partial charge on any atom is 0.240 e. The van der Waals surface area contributed by atoms with E-state index in [0.717, 1.165) is 10.6 Å². The number of benzene rings is 2. The number of carbonyl (C=O) groups excluding carboxylic acids is 1. The highest BCUT2D eigenvalue weighted by Gasteiger charge is 2.22. The van der Waals surface area contributed by atoms with Crippen LogP contribution in [-0.4, -0.2) is 47.4 Å². The molecule has 2 aromatic carbocycles. The summed E-state index contributed by atoms with van der Waals surface area (Å²) in [4.78, 5) is 12.2. The highest BCUT2D eigenvalue weighted by Crippen LogP contribution is 2.27. The molecule has 2 aromatic rings. The van der Waals surface area contributed by atoms with Crippen LogP contribution in [-0.2, 0) is 14.8 Å². The van der Waals surface area contributed by atoms with Crippen LogP contribution in [0.4, 0.5) is 5.69 Å². The molecule has 27 heavy (non-hydrogen) atoms.